The van der Waals surface area contributed by atoms with Crippen molar-refractivity contribution < 1.29 is 13.2 Å². The monoisotopic (exact) mass is 445 g/mol. The molecule has 0 spiro atoms. The van der Waals surface area contributed by atoms with Crippen LogP contribution in [0.2, 0.25) is 0 Å². The van der Waals surface area contributed by atoms with Crippen molar-refractivity contribution in [1.82, 2.24) is 5.32 Å². The standard InChI is InChI=1S/C27H27NO3S/c1-19(24-10-6-8-21-7-4-5-9-25(21)24)28-18-20-11-16-27(31-2)26(17-20)22-12-14-23(15-13-22)32(3,29)30/h4-17,19,28H,18H2,1-3H3/t19-/m1/s1. The lowest BCUT2D eigenvalue weighted by Crippen LogP contribution is -2.18. The Bertz CT molecular complexity index is 1340. The van der Waals surface area contributed by atoms with Crippen LogP contribution in [-0.4, -0.2) is 21.8 Å². The molecule has 0 amide bonds. The van der Waals surface area contributed by atoms with Gasteiger partial charge in [-0.15, -0.1) is 0 Å². The van der Waals surface area contributed by atoms with E-state index in [-0.39, 0.29) is 6.04 Å². The van der Waals surface area contributed by atoms with Crippen molar-refractivity contribution in [3.63, 3.8) is 0 Å². The number of hydrogen-bond acceptors (Lipinski definition) is 4. The predicted molar refractivity (Wildman–Crippen MR) is 131 cm³/mol. The van der Waals surface area contributed by atoms with Crippen molar-refractivity contribution in [1.29, 1.82) is 0 Å². The molecule has 4 nitrogen and oxygen atoms in total. The van der Waals surface area contributed by atoms with Gasteiger partial charge in [0, 0.05) is 24.4 Å². The quantitative estimate of drug-likeness (QED) is 0.392. The van der Waals surface area contributed by atoms with Crippen LogP contribution >= 0.6 is 0 Å². The molecule has 0 aromatic heterocycles. The van der Waals surface area contributed by atoms with E-state index in [1.54, 1.807) is 19.2 Å². The summed E-state index contributed by atoms with van der Waals surface area (Å²) in [7, 11) is -1.58. The summed E-state index contributed by atoms with van der Waals surface area (Å²) in [5, 5.41) is 6.13. The Balaban J connectivity index is 1.57. The molecule has 4 aromatic carbocycles. The van der Waals surface area contributed by atoms with Gasteiger partial charge in [0.15, 0.2) is 9.84 Å². The summed E-state index contributed by atoms with van der Waals surface area (Å²) in [4.78, 5) is 0.307. The Morgan fingerprint density at radius 2 is 1.62 bits per heavy atom. The zero-order valence-corrected chi connectivity index (χ0v) is 19.3. The highest BCUT2D eigenvalue weighted by atomic mass is 32.2. The van der Waals surface area contributed by atoms with Gasteiger partial charge in [-0.3, -0.25) is 0 Å². The average Bonchev–Trinajstić information content (AvgIpc) is 2.81. The van der Waals surface area contributed by atoms with Crippen molar-refractivity contribution in [2.75, 3.05) is 13.4 Å². The molecule has 4 aromatic rings. The zero-order valence-electron chi connectivity index (χ0n) is 18.5. The number of sulfone groups is 1. The van der Waals surface area contributed by atoms with Gasteiger partial charge < -0.3 is 10.1 Å². The molecule has 0 unspecified atom stereocenters. The number of methoxy groups -OCH3 is 1. The largest absolute Gasteiger partial charge is 0.496 e. The number of benzene rings is 4. The fraction of sp³-hybridized carbons (Fsp3) is 0.185. The van der Waals surface area contributed by atoms with Gasteiger partial charge in [-0.2, -0.15) is 0 Å². The van der Waals surface area contributed by atoms with Crippen molar-refractivity contribution in [3.05, 3.63) is 96.1 Å². The Hall–Kier alpha value is -3.15. The van der Waals surface area contributed by atoms with Crippen LogP contribution in [0.1, 0.15) is 24.1 Å². The lowest BCUT2D eigenvalue weighted by atomic mass is 9.99. The third-order valence-electron chi connectivity index (χ3n) is 5.76. The summed E-state index contributed by atoms with van der Waals surface area (Å²) in [6, 6.07) is 28.0. The molecule has 0 aliphatic carbocycles. The second-order valence-corrected chi connectivity index (χ2v) is 10.0. The first kappa shape index (κ1) is 22.1. The van der Waals surface area contributed by atoms with Gasteiger partial charge in [0.25, 0.3) is 0 Å². The minimum Gasteiger partial charge on any atom is -0.496 e. The van der Waals surface area contributed by atoms with E-state index in [0.29, 0.717) is 11.4 Å². The average molecular weight is 446 g/mol. The molecule has 0 radical (unpaired) electrons. The molecule has 0 aliphatic rings. The summed E-state index contributed by atoms with van der Waals surface area (Å²) < 4.78 is 29.1. The highest BCUT2D eigenvalue weighted by molar-refractivity contribution is 7.90. The zero-order chi connectivity index (χ0) is 22.7. The van der Waals surface area contributed by atoms with Crippen LogP contribution in [0.25, 0.3) is 21.9 Å². The summed E-state index contributed by atoms with van der Waals surface area (Å²) in [5.74, 6) is 0.753. The Morgan fingerprint density at radius 3 is 2.34 bits per heavy atom. The Morgan fingerprint density at radius 1 is 0.906 bits per heavy atom. The summed E-state index contributed by atoms with van der Waals surface area (Å²) in [6.45, 7) is 2.87. The van der Waals surface area contributed by atoms with E-state index >= 15 is 0 Å². The van der Waals surface area contributed by atoms with Gasteiger partial charge in [0.05, 0.1) is 12.0 Å². The maximum Gasteiger partial charge on any atom is 0.175 e. The fourth-order valence-electron chi connectivity index (χ4n) is 3.98. The minimum absolute atomic E-state index is 0.181. The smallest absolute Gasteiger partial charge is 0.175 e. The van der Waals surface area contributed by atoms with Crippen LogP contribution in [0, 0.1) is 0 Å². The lowest BCUT2D eigenvalue weighted by molar-refractivity contribution is 0.416. The van der Waals surface area contributed by atoms with E-state index in [4.69, 9.17) is 4.74 Å². The van der Waals surface area contributed by atoms with Gasteiger partial charge in [0.1, 0.15) is 5.75 Å². The maximum atomic E-state index is 11.8. The van der Waals surface area contributed by atoms with E-state index < -0.39 is 9.84 Å². The number of nitrogens with one attached hydrogen (secondary N) is 1. The molecule has 32 heavy (non-hydrogen) atoms. The van der Waals surface area contributed by atoms with Gasteiger partial charge in [-0.05, 0) is 58.7 Å². The van der Waals surface area contributed by atoms with Crippen LogP contribution in [0.3, 0.4) is 0 Å². The van der Waals surface area contributed by atoms with Crippen LogP contribution < -0.4 is 10.1 Å². The first-order valence-electron chi connectivity index (χ1n) is 10.6. The molecule has 1 atom stereocenters. The van der Waals surface area contributed by atoms with Crippen molar-refractivity contribution in [3.8, 4) is 16.9 Å². The molecule has 0 fully saturated rings. The second kappa shape index (κ2) is 9.15. The molecule has 0 bridgehead atoms. The van der Waals surface area contributed by atoms with Crippen LogP contribution in [0.15, 0.2) is 89.8 Å². The SMILES string of the molecule is COc1ccc(CN[C@H](C)c2cccc3ccccc23)cc1-c1ccc(S(C)(=O)=O)cc1. The van der Waals surface area contributed by atoms with Gasteiger partial charge in [-0.1, -0.05) is 60.7 Å². The molecule has 5 heteroatoms. The summed E-state index contributed by atoms with van der Waals surface area (Å²) >= 11 is 0. The summed E-state index contributed by atoms with van der Waals surface area (Å²) in [5.41, 5.74) is 4.25. The van der Waals surface area contributed by atoms with E-state index in [1.807, 2.05) is 18.2 Å². The normalized spacial score (nSPS) is 12.6. The molecular formula is C27H27NO3S. The van der Waals surface area contributed by atoms with E-state index in [2.05, 4.69) is 66.8 Å². The van der Waals surface area contributed by atoms with Crippen LogP contribution in [0.5, 0.6) is 5.75 Å². The first-order chi connectivity index (χ1) is 15.4. The third-order valence-corrected chi connectivity index (χ3v) is 6.89. The topological polar surface area (TPSA) is 55.4 Å². The Kier molecular flexibility index (Phi) is 6.31. The number of rotatable bonds is 7. The maximum absolute atomic E-state index is 11.8. The van der Waals surface area contributed by atoms with Crippen LogP contribution in [0.4, 0.5) is 0 Å². The van der Waals surface area contributed by atoms with Crippen molar-refractivity contribution >= 4 is 20.6 Å². The number of ether oxygens (including phenoxy) is 1. The minimum atomic E-state index is -3.23. The molecule has 4 rings (SSSR count). The number of hydrogen-bond donors (Lipinski definition) is 1. The van der Waals surface area contributed by atoms with E-state index in [1.165, 1.54) is 22.6 Å². The molecule has 1 N–H and O–H groups in total. The first-order valence-corrected chi connectivity index (χ1v) is 12.4. The molecule has 164 valence electrons. The second-order valence-electron chi connectivity index (χ2n) is 8.00. The van der Waals surface area contributed by atoms with Crippen molar-refractivity contribution in [2.24, 2.45) is 0 Å². The van der Waals surface area contributed by atoms with Crippen LogP contribution in [-0.2, 0) is 16.4 Å². The third kappa shape index (κ3) is 4.69. The molecule has 0 saturated heterocycles. The molecule has 0 aliphatic heterocycles. The molecular weight excluding hydrogens is 418 g/mol. The lowest BCUT2D eigenvalue weighted by Gasteiger charge is -2.18. The van der Waals surface area contributed by atoms with Gasteiger partial charge in [0.2, 0.25) is 0 Å². The molecule has 0 heterocycles. The Labute approximate surface area is 189 Å². The highest BCUT2D eigenvalue weighted by Crippen LogP contribution is 2.32. The number of fused-ring (bicyclic) bond motifs is 1. The van der Waals surface area contributed by atoms with Gasteiger partial charge in [-0.25, -0.2) is 8.42 Å². The van der Waals surface area contributed by atoms with Crippen molar-refractivity contribution in [2.45, 2.75) is 24.4 Å². The van der Waals surface area contributed by atoms with E-state index in [9.17, 15) is 8.42 Å². The van der Waals surface area contributed by atoms with E-state index in [0.717, 1.165) is 22.4 Å². The summed E-state index contributed by atoms with van der Waals surface area (Å²) in [6.07, 6.45) is 1.21. The highest BCUT2D eigenvalue weighted by Gasteiger charge is 2.12. The molecule has 0 saturated carbocycles. The van der Waals surface area contributed by atoms with Gasteiger partial charge >= 0.3 is 0 Å². The predicted octanol–water partition coefficient (Wildman–Crippen LogP) is 5.77. The fourth-order valence-corrected chi connectivity index (χ4v) is 4.61.